The Kier molecular flexibility index (Phi) is 6.94. The van der Waals surface area contributed by atoms with Crippen molar-refractivity contribution in [3.8, 4) is 6.07 Å². The Morgan fingerprint density at radius 1 is 1.14 bits per heavy atom. The van der Waals surface area contributed by atoms with E-state index in [9.17, 15) is 4.79 Å². The van der Waals surface area contributed by atoms with Crippen LogP contribution < -0.4 is 0 Å². The lowest BCUT2D eigenvalue weighted by Gasteiger charge is -2.24. The Labute approximate surface area is 128 Å². The maximum atomic E-state index is 12.7. The first kappa shape index (κ1) is 17.2. The second kappa shape index (κ2) is 8.46. The van der Waals surface area contributed by atoms with E-state index in [4.69, 9.17) is 5.26 Å². The predicted octanol–water partition coefficient (Wildman–Crippen LogP) is 4.09. The average molecular weight is 286 g/mol. The Hall–Kier alpha value is -1.82. The first-order valence-electron chi connectivity index (χ1n) is 7.73. The highest BCUT2D eigenvalue weighted by Gasteiger charge is 2.16. The minimum absolute atomic E-state index is 0.0356. The largest absolute Gasteiger partial charge is 0.339 e. The lowest BCUT2D eigenvalue weighted by Crippen LogP contribution is -2.34. The van der Waals surface area contributed by atoms with Crippen molar-refractivity contribution in [2.24, 2.45) is 11.8 Å². The van der Waals surface area contributed by atoms with E-state index >= 15 is 0 Å². The highest BCUT2D eigenvalue weighted by atomic mass is 16.2. The first-order chi connectivity index (χ1) is 9.93. The third kappa shape index (κ3) is 5.99. The Bertz CT molecular complexity index is 488. The summed E-state index contributed by atoms with van der Waals surface area (Å²) in [5.74, 6) is 1.18. The number of carbonyl (C=O) groups excluding carboxylic acids is 1. The van der Waals surface area contributed by atoms with Crippen LogP contribution >= 0.6 is 0 Å². The molecule has 1 aromatic rings. The van der Waals surface area contributed by atoms with Crippen LogP contribution in [0.3, 0.4) is 0 Å². The SMILES string of the molecule is CC(C)CCN(CCC(C)C)C(=O)c1cccc(C#N)c1. The highest BCUT2D eigenvalue weighted by Crippen LogP contribution is 2.12. The molecule has 0 aromatic heterocycles. The average Bonchev–Trinajstić information content (AvgIpc) is 2.46. The summed E-state index contributed by atoms with van der Waals surface area (Å²) in [6.07, 6.45) is 2.00. The van der Waals surface area contributed by atoms with Crippen molar-refractivity contribution in [1.82, 2.24) is 4.90 Å². The van der Waals surface area contributed by atoms with Gasteiger partial charge in [-0.1, -0.05) is 33.8 Å². The summed E-state index contributed by atoms with van der Waals surface area (Å²) >= 11 is 0. The van der Waals surface area contributed by atoms with Gasteiger partial charge in [-0.25, -0.2) is 0 Å². The van der Waals surface area contributed by atoms with Crippen molar-refractivity contribution >= 4 is 5.91 Å². The third-order valence-corrected chi connectivity index (χ3v) is 3.48. The van der Waals surface area contributed by atoms with Crippen molar-refractivity contribution in [2.45, 2.75) is 40.5 Å². The van der Waals surface area contributed by atoms with Gasteiger partial charge in [0, 0.05) is 18.7 Å². The Morgan fingerprint density at radius 3 is 2.19 bits per heavy atom. The molecule has 0 bridgehead atoms. The summed E-state index contributed by atoms with van der Waals surface area (Å²) in [6.45, 7) is 10.2. The predicted molar refractivity (Wildman–Crippen MR) is 86.0 cm³/mol. The molecule has 0 N–H and O–H groups in total. The number of benzene rings is 1. The van der Waals surface area contributed by atoms with Gasteiger partial charge < -0.3 is 4.90 Å². The van der Waals surface area contributed by atoms with E-state index in [0.717, 1.165) is 25.9 Å². The molecule has 1 rings (SSSR count). The fourth-order valence-corrected chi connectivity index (χ4v) is 2.05. The van der Waals surface area contributed by atoms with Gasteiger partial charge in [0.15, 0.2) is 0 Å². The third-order valence-electron chi connectivity index (χ3n) is 3.48. The molecule has 3 heteroatoms. The van der Waals surface area contributed by atoms with E-state index in [1.165, 1.54) is 0 Å². The van der Waals surface area contributed by atoms with Gasteiger partial charge in [-0.3, -0.25) is 4.79 Å². The molecule has 3 nitrogen and oxygen atoms in total. The van der Waals surface area contributed by atoms with Crippen LogP contribution in [0, 0.1) is 23.2 Å². The molecule has 0 fully saturated rings. The molecule has 0 spiro atoms. The number of hydrogen-bond donors (Lipinski definition) is 0. The molecule has 1 aromatic carbocycles. The smallest absolute Gasteiger partial charge is 0.253 e. The van der Waals surface area contributed by atoms with Crippen LogP contribution in [-0.2, 0) is 0 Å². The number of nitriles is 1. The summed E-state index contributed by atoms with van der Waals surface area (Å²) < 4.78 is 0. The van der Waals surface area contributed by atoms with Gasteiger partial charge in [0.1, 0.15) is 0 Å². The molecule has 0 saturated carbocycles. The zero-order valence-corrected chi connectivity index (χ0v) is 13.6. The Balaban J connectivity index is 2.84. The normalized spacial score (nSPS) is 10.7. The number of hydrogen-bond acceptors (Lipinski definition) is 2. The second-order valence-corrected chi connectivity index (χ2v) is 6.35. The number of nitrogens with zero attached hydrogens (tertiary/aromatic N) is 2. The Morgan fingerprint density at radius 2 is 1.71 bits per heavy atom. The van der Waals surface area contributed by atoms with Gasteiger partial charge in [-0.2, -0.15) is 5.26 Å². The number of amides is 1. The van der Waals surface area contributed by atoms with Crippen molar-refractivity contribution in [3.05, 3.63) is 35.4 Å². The first-order valence-corrected chi connectivity index (χ1v) is 7.73. The van der Waals surface area contributed by atoms with Crippen LogP contribution in [0.2, 0.25) is 0 Å². The van der Waals surface area contributed by atoms with Crippen molar-refractivity contribution in [3.63, 3.8) is 0 Å². The molecule has 0 saturated heterocycles. The van der Waals surface area contributed by atoms with Gasteiger partial charge in [0.2, 0.25) is 0 Å². The van der Waals surface area contributed by atoms with Crippen molar-refractivity contribution in [2.75, 3.05) is 13.1 Å². The second-order valence-electron chi connectivity index (χ2n) is 6.35. The summed E-state index contributed by atoms with van der Waals surface area (Å²) in [7, 11) is 0. The molecule has 0 aliphatic heterocycles. The molecule has 0 atom stereocenters. The molecular weight excluding hydrogens is 260 g/mol. The minimum atomic E-state index is 0.0356. The van der Waals surface area contributed by atoms with Crippen LogP contribution in [0.15, 0.2) is 24.3 Å². The van der Waals surface area contributed by atoms with Gasteiger partial charge in [0.25, 0.3) is 5.91 Å². The van der Waals surface area contributed by atoms with Crippen molar-refractivity contribution < 1.29 is 4.79 Å². The monoisotopic (exact) mass is 286 g/mol. The summed E-state index contributed by atoms with van der Waals surface area (Å²) in [4.78, 5) is 14.6. The fraction of sp³-hybridized carbons (Fsp3) is 0.556. The minimum Gasteiger partial charge on any atom is -0.339 e. The van der Waals surface area contributed by atoms with Crippen LogP contribution in [-0.4, -0.2) is 23.9 Å². The topological polar surface area (TPSA) is 44.1 Å². The van der Waals surface area contributed by atoms with E-state index in [-0.39, 0.29) is 5.91 Å². The van der Waals surface area contributed by atoms with E-state index < -0.39 is 0 Å². The number of carbonyl (C=O) groups is 1. The standard InChI is InChI=1S/C18H26N2O/c1-14(2)8-10-20(11-9-15(3)4)18(21)17-7-5-6-16(12-17)13-19/h5-7,12,14-15H,8-11H2,1-4H3. The number of rotatable bonds is 7. The molecule has 0 unspecified atom stereocenters. The maximum Gasteiger partial charge on any atom is 0.253 e. The highest BCUT2D eigenvalue weighted by molar-refractivity contribution is 5.94. The van der Waals surface area contributed by atoms with Gasteiger partial charge in [-0.15, -0.1) is 0 Å². The molecule has 0 heterocycles. The quantitative estimate of drug-likeness (QED) is 0.757. The van der Waals surface area contributed by atoms with E-state index in [2.05, 4.69) is 33.8 Å². The zero-order chi connectivity index (χ0) is 15.8. The van der Waals surface area contributed by atoms with E-state index in [0.29, 0.717) is 23.0 Å². The van der Waals surface area contributed by atoms with Crippen LogP contribution in [0.5, 0.6) is 0 Å². The summed E-state index contributed by atoms with van der Waals surface area (Å²) in [6, 6.07) is 9.06. The zero-order valence-electron chi connectivity index (χ0n) is 13.6. The molecule has 114 valence electrons. The molecular formula is C18H26N2O. The van der Waals surface area contributed by atoms with Crippen LogP contribution in [0.1, 0.15) is 56.5 Å². The van der Waals surface area contributed by atoms with Crippen LogP contribution in [0.25, 0.3) is 0 Å². The summed E-state index contributed by atoms with van der Waals surface area (Å²) in [5, 5.41) is 8.96. The van der Waals surface area contributed by atoms with Crippen molar-refractivity contribution in [1.29, 1.82) is 5.26 Å². The van der Waals surface area contributed by atoms with E-state index in [1.807, 2.05) is 4.90 Å². The van der Waals surface area contributed by atoms with Gasteiger partial charge in [-0.05, 0) is 42.9 Å². The maximum absolute atomic E-state index is 12.7. The van der Waals surface area contributed by atoms with Gasteiger partial charge >= 0.3 is 0 Å². The lowest BCUT2D eigenvalue weighted by atomic mass is 10.1. The van der Waals surface area contributed by atoms with E-state index in [1.54, 1.807) is 24.3 Å². The lowest BCUT2D eigenvalue weighted by molar-refractivity contribution is 0.0741. The van der Waals surface area contributed by atoms with Gasteiger partial charge in [0.05, 0.1) is 11.6 Å². The van der Waals surface area contributed by atoms with Crippen LogP contribution in [0.4, 0.5) is 0 Å². The molecule has 0 aliphatic carbocycles. The molecule has 0 radical (unpaired) electrons. The molecule has 0 aliphatic rings. The molecule has 21 heavy (non-hydrogen) atoms. The summed E-state index contributed by atoms with van der Waals surface area (Å²) in [5.41, 5.74) is 1.15. The molecule has 1 amide bonds. The fourth-order valence-electron chi connectivity index (χ4n) is 2.05.